The number of nitro benzene ring substituents is 1. The van der Waals surface area contributed by atoms with Crippen molar-refractivity contribution in [2.24, 2.45) is 5.10 Å². The molecule has 0 radical (unpaired) electrons. The number of nitro groups is 1. The molecule has 0 aliphatic rings. The summed E-state index contributed by atoms with van der Waals surface area (Å²) >= 11 is 1.96. The Kier molecular flexibility index (Phi) is 7.26. The summed E-state index contributed by atoms with van der Waals surface area (Å²) in [7, 11) is 1.41. The number of halogens is 1. The van der Waals surface area contributed by atoms with Gasteiger partial charge in [-0.05, 0) is 52.4 Å². The first-order chi connectivity index (χ1) is 13.3. The van der Waals surface area contributed by atoms with Gasteiger partial charge in [-0.25, -0.2) is 10.2 Å². The van der Waals surface area contributed by atoms with Gasteiger partial charge in [0.05, 0.1) is 21.8 Å². The number of nitrogens with zero attached hydrogens (tertiary/aromatic N) is 2. The first kappa shape index (κ1) is 21.1. The second-order valence-corrected chi connectivity index (χ2v) is 6.38. The minimum Gasteiger partial charge on any atom is -0.493 e. The molecule has 146 valence electrons. The van der Waals surface area contributed by atoms with Gasteiger partial charge in [0, 0.05) is 17.7 Å². The van der Waals surface area contributed by atoms with E-state index in [4.69, 9.17) is 14.6 Å². The molecule has 0 saturated carbocycles. The maximum Gasteiger partial charge on any atom is 0.341 e. The Balaban J connectivity index is 2.08. The van der Waals surface area contributed by atoms with Crippen LogP contribution >= 0.6 is 22.6 Å². The van der Waals surface area contributed by atoms with Crippen LogP contribution in [0.5, 0.6) is 11.5 Å². The molecule has 0 heterocycles. The largest absolute Gasteiger partial charge is 0.493 e. The highest BCUT2D eigenvalue weighted by Gasteiger charge is 2.13. The lowest BCUT2D eigenvalue weighted by Gasteiger charge is -2.12. The van der Waals surface area contributed by atoms with Gasteiger partial charge < -0.3 is 14.6 Å². The molecule has 28 heavy (non-hydrogen) atoms. The van der Waals surface area contributed by atoms with Crippen LogP contribution in [0.4, 0.5) is 5.69 Å². The maximum atomic E-state index is 12.0. The number of methoxy groups -OCH3 is 1. The summed E-state index contributed by atoms with van der Waals surface area (Å²) in [4.78, 5) is 32.7. The Hall–Kier alpha value is -3.22. The van der Waals surface area contributed by atoms with Crippen molar-refractivity contribution in [3.63, 3.8) is 0 Å². The van der Waals surface area contributed by atoms with Gasteiger partial charge in [0.25, 0.3) is 11.6 Å². The van der Waals surface area contributed by atoms with Crippen molar-refractivity contribution < 1.29 is 29.1 Å². The van der Waals surface area contributed by atoms with Crippen molar-refractivity contribution in [1.82, 2.24) is 5.43 Å². The average Bonchev–Trinajstić information content (AvgIpc) is 2.66. The van der Waals surface area contributed by atoms with Gasteiger partial charge in [-0.1, -0.05) is 0 Å². The van der Waals surface area contributed by atoms with Gasteiger partial charge in [-0.3, -0.25) is 14.9 Å². The molecule has 2 aromatic carbocycles. The molecule has 11 heteroatoms. The van der Waals surface area contributed by atoms with Crippen LogP contribution in [0.25, 0.3) is 0 Å². The van der Waals surface area contributed by atoms with Crippen LogP contribution in [0.15, 0.2) is 41.5 Å². The van der Waals surface area contributed by atoms with Crippen LogP contribution < -0.4 is 14.9 Å². The minimum atomic E-state index is -1.11. The number of carboxylic acid groups (broad SMARTS) is 1. The number of amides is 1. The number of nitrogens with one attached hydrogen (secondary N) is 1. The van der Waals surface area contributed by atoms with Crippen molar-refractivity contribution in [1.29, 1.82) is 0 Å². The van der Waals surface area contributed by atoms with Crippen LogP contribution in [-0.4, -0.2) is 41.8 Å². The molecule has 0 atom stereocenters. The highest BCUT2D eigenvalue weighted by atomic mass is 127. The van der Waals surface area contributed by atoms with Crippen molar-refractivity contribution in [2.75, 3.05) is 13.7 Å². The van der Waals surface area contributed by atoms with E-state index in [-0.39, 0.29) is 17.0 Å². The van der Waals surface area contributed by atoms with E-state index in [0.29, 0.717) is 14.9 Å². The predicted octanol–water partition coefficient (Wildman–Crippen LogP) is 2.44. The van der Waals surface area contributed by atoms with Gasteiger partial charge in [0.1, 0.15) is 0 Å². The number of ether oxygens (including phenoxy) is 2. The molecule has 0 saturated heterocycles. The Bertz CT molecular complexity index is 929. The summed E-state index contributed by atoms with van der Waals surface area (Å²) in [6.45, 7) is -0.509. The molecule has 0 aliphatic heterocycles. The van der Waals surface area contributed by atoms with Crippen LogP contribution in [0.2, 0.25) is 0 Å². The Labute approximate surface area is 172 Å². The molecule has 2 N–H and O–H groups in total. The van der Waals surface area contributed by atoms with Crippen LogP contribution in [0.3, 0.4) is 0 Å². The van der Waals surface area contributed by atoms with E-state index < -0.39 is 23.4 Å². The number of rotatable bonds is 8. The normalized spacial score (nSPS) is 10.5. The highest BCUT2D eigenvalue weighted by molar-refractivity contribution is 14.1. The molecule has 10 nitrogen and oxygen atoms in total. The third-order valence-corrected chi connectivity index (χ3v) is 4.11. The Morgan fingerprint density at radius 2 is 2.00 bits per heavy atom. The number of carbonyl (C=O) groups excluding carboxylic acids is 1. The zero-order chi connectivity index (χ0) is 20.7. The van der Waals surface area contributed by atoms with Crippen LogP contribution in [-0.2, 0) is 4.79 Å². The number of non-ortho nitro benzene ring substituents is 1. The van der Waals surface area contributed by atoms with E-state index in [1.165, 1.54) is 37.6 Å². The molecule has 2 aromatic rings. The maximum absolute atomic E-state index is 12.0. The zero-order valence-corrected chi connectivity index (χ0v) is 16.6. The zero-order valence-electron chi connectivity index (χ0n) is 14.4. The van der Waals surface area contributed by atoms with Gasteiger partial charge in [-0.2, -0.15) is 5.10 Å². The number of hydrazone groups is 1. The fourth-order valence-corrected chi connectivity index (χ4v) is 2.83. The first-order valence-corrected chi connectivity index (χ1v) is 8.69. The fourth-order valence-electron chi connectivity index (χ4n) is 2.05. The minimum absolute atomic E-state index is 0.119. The van der Waals surface area contributed by atoms with Gasteiger partial charge in [0.2, 0.25) is 0 Å². The summed E-state index contributed by atoms with van der Waals surface area (Å²) in [6.07, 6.45) is 1.37. The molecule has 0 unspecified atom stereocenters. The number of hydrogen-bond donors (Lipinski definition) is 2. The third kappa shape index (κ3) is 5.64. The molecular formula is C17H14IN3O7. The summed E-state index contributed by atoms with van der Waals surface area (Å²) < 4.78 is 11.0. The second-order valence-electron chi connectivity index (χ2n) is 5.22. The second kappa shape index (κ2) is 9.64. The van der Waals surface area contributed by atoms with E-state index in [1.807, 2.05) is 22.6 Å². The van der Waals surface area contributed by atoms with Crippen molar-refractivity contribution in [3.8, 4) is 11.5 Å². The molecule has 0 spiro atoms. The number of carboxylic acids is 1. The lowest BCUT2D eigenvalue weighted by molar-refractivity contribution is -0.384. The van der Waals surface area contributed by atoms with Gasteiger partial charge in [-0.15, -0.1) is 0 Å². The Morgan fingerprint density at radius 3 is 2.57 bits per heavy atom. The summed E-state index contributed by atoms with van der Waals surface area (Å²) in [5.41, 5.74) is 2.99. The third-order valence-electron chi connectivity index (χ3n) is 3.31. The van der Waals surface area contributed by atoms with Gasteiger partial charge >= 0.3 is 5.97 Å². The van der Waals surface area contributed by atoms with E-state index in [0.717, 1.165) is 0 Å². The summed E-state index contributed by atoms with van der Waals surface area (Å²) in [5, 5.41) is 23.2. The molecule has 1 amide bonds. The van der Waals surface area contributed by atoms with Crippen molar-refractivity contribution in [3.05, 3.63) is 61.2 Å². The number of aliphatic carboxylic acids is 1. The molecule has 0 bridgehead atoms. The molecule has 2 rings (SSSR count). The van der Waals surface area contributed by atoms with Crippen LogP contribution in [0.1, 0.15) is 15.9 Å². The topological polar surface area (TPSA) is 140 Å². The lowest BCUT2D eigenvalue weighted by Crippen LogP contribution is -2.17. The van der Waals surface area contributed by atoms with E-state index in [9.17, 15) is 19.7 Å². The predicted molar refractivity (Wildman–Crippen MR) is 107 cm³/mol. The van der Waals surface area contributed by atoms with Crippen LogP contribution in [0, 0.1) is 13.7 Å². The van der Waals surface area contributed by atoms with E-state index in [1.54, 1.807) is 12.1 Å². The Morgan fingerprint density at radius 1 is 1.32 bits per heavy atom. The average molecular weight is 499 g/mol. The molecule has 0 fully saturated rings. The quantitative estimate of drug-likeness (QED) is 0.246. The summed E-state index contributed by atoms with van der Waals surface area (Å²) in [6, 6.07) is 8.33. The highest BCUT2D eigenvalue weighted by Crippen LogP contribution is 2.33. The molecule has 0 aliphatic carbocycles. The number of benzene rings is 2. The first-order valence-electron chi connectivity index (χ1n) is 7.61. The smallest absolute Gasteiger partial charge is 0.341 e. The SMILES string of the molecule is COc1cc(/C=N\NC(=O)c2ccc([N+](=O)[O-])cc2)cc(I)c1OCC(=O)O. The van der Waals surface area contributed by atoms with Crippen molar-refractivity contribution >= 4 is 46.4 Å². The lowest BCUT2D eigenvalue weighted by atomic mass is 10.2. The monoisotopic (exact) mass is 499 g/mol. The van der Waals surface area contributed by atoms with Gasteiger partial charge in [0.15, 0.2) is 18.1 Å². The van der Waals surface area contributed by atoms with E-state index in [2.05, 4.69) is 10.5 Å². The molecule has 0 aromatic heterocycles. The fraction of sp³-hybridized carbons (Fsp3) is 0.118. The summed E-state index contributed by atoms with van der Waals surface area (Å²) in [5.74, 6) is -1.04. The molecular weight excluding hydrogens is 485 g/mol. The standard InChI is InChI=1S/C17H14IN3O7/c1-27-14-7-10(6-13(18)16(14)28-9-15(22)23)8-19-20-17(24)11-2-4-12(5-3-11)21(25)26/h2-8H,9H2,1H3,(H,20,24)(H,22,23)/b19-8-. The van der Waals surface area contributed by atoms with Crippen molar-refractivity contribution in [2.45, 2.75) is 0 Å². The number of hydrogen-bond acceptors (Lipinski definition) is 7. The number of carbonyl (C=O) groups is 2. The van der Waals surface area contributed by atoms with E-state index >= 15 is 0 Å².